The van der Waals surface area contributed by atoms with E-state index >= 15 is 0 Å². The summed E-state index contributed by atoms with van der Waals surface area (Å²) in [6.45, 7) is 10.8. The van der Waals surface area contributed by atoms with Gasteiger partial charge >= 0.3 is 0 Å². The number of hydrogen-bond donors (Lipinski definition) is 1. The minimum absolute atomic E-state index is 0. The van der Waals surface area contributed by atoms with Crippen molar-refractivity contribution in [2.45, 2.75) is 65.0 Å². The summed E-state index contributed by atoms with van der Waals surface area (Å²) in [7, 11) is 0. The van der Waals surface area contributed by atoms with E-state index in [9.17, 15) is 4.79 Å². The highest BCUT2D eigenvalue weighted by Crippen LogP contribution is 2.50. The van der Waals surface area contributed by atoms with Gasteiger partial charge in [0.05, 0.1) is 6.10 Å². The van der Waals surface area contributed by atoms with Crippen molar-refractivity contribution in [1.29, 1.82) is 0 Å². The highest BCUT2D eigenvalue weighted by molar-refractivity contribution is 5.89. The Kier molecular flexibility index (Phi) is 6.10. The van der Waals surface area contributed by atoms with Crippen LogP contribution in [0.4, 0.5) is 0 Å². The molecule has 2 fully saturated rings. The molecule has 2 aliphatic rings. The zero-order valence-corrected chi connectivity index (χ0v) is 14.7. The van der Waals surface area contributed by atoms with E-state index in [2.05, 4.69) is 20.8 Å². The number of halogens is 1. The van der Waals surface area contributed by atoms with Crippen LogP contribution in [-0.4, -0.2) is 42.1 Å². The molecule has 0 aromatic carbocycles. The molecule has 1 aliphatic heterocycles. The second-order valence-electron chi connectivity index (χ2n) is 6.98. The highest BCUT2D eigenvalue weighted by Gasteiger charge is 2.63. The van der Waals surface area contributed by atoms with Crippen LogP contribution in [0.15, 0.2) is 0 Å². The molecule has 1 aliphatic carbocycles. The molecule has 5 heteroatoms. The summed E-state index contributed by atoms with van der Waals surface area (Å²) >= 11 is 0. The van der Waals surface area contributed by atoms with Crippen LogP contribution < -0.4 is 5.73 Å². The Labute approximate surface area is 135 Å². The summed E-state index contributed by atoms with van der Waals surface area (Å²) in [5.41, 5.74) is 5.45. The first-order valence-electron chi connectivity index (χ1n) is 8.06. The van der Waals surface area contributed by atoms with E-state index in [1.165, 1.54) is 6.42 Å². The predicted molar refractivity (Wildman–Crippen MR) is 87.6 cm³/mol. The Hall–Kier alpha value is -0.320. The van der Waals surface area contributed by atoms with Crippen molar-refractivity contribution in [2.75, 3.05) is 19.7 Å². The van der Waals surface area contributed by atoms with Gasteiger partial charge in [-0.3, -0.25) is 4.79 Å². The average molecular weight is 319 g/mol. The van der Waals surface area contributed by atoms with Crippen LogP contribution >= 0.6 is 12.4 Å². The molecule has 0 aromatic rings. The Morgan fingerprint density at radius 3 is 2.29 bits per heavy atom. The van der Waals surface area contributed by atoms with Gasteiger partial charge in [0, 0.05) is 31.5 Å². The van der Waals surface area contributed by atoms with Crippen molar-refractivity contribution in [1.82, 2.24) is 4.90 Å². The number of amides is 1. The molecule has 1 saturated carbocycles. The van der Waals surface area contributed by atoms with Gasteiger partial charge in [-0.15, -0.1) is 12.4 Å². The Morgan fingerprint density at radius 1 is 1.29 bits per heavy atom. The van der Waals surface area contributed by atoms with Crippen molar-refractivity contribution in [3.63, 3.8) is 0 Å². The third kappa shape index (κ3) is 3.08. The second kappa shape index (κ2) is 6.84. The van der Waals surface area contributed by atoms with E-state index < -0.39 is 5.54 Å². The number of nitrogens with zero attached hydrogens (tertiary/aromatic N) is 1. The fraction of sp³-hybridized carbons (Fsp3) is 0.938. The van der Waals surface area contributed by atoms with Gasteiger partial charge in [-0.25, -0.2) is 0 Å². The lowest BCUT2D eigenvalue weighted by Crippen LogP contribution is -2.76. The molecule has 4 nitrogen and oxygen atoms in total. The largest absolute Gasteiger partial charge is 0.378 e. The third-order valence-electron chi connectivity index (χ3n) is 5.69. The van der Waals surface area contributed by atoms with E-state index in [1.807, 2.05) is 11.8 Å². The van der Waals surface area contributed by atoms with Crippen LogP contribution in [0.5, 0.6) is 0 Å². The molecular weight excluding hydrogens is 288 g/mol. The summed E-state index contributed by atoms with van der Waals surface area (Å²) in [5, 5.41) is 0. The molecule has 1 heterocycles. The number of nitrogens with two attached hydrogens (primary N) is 1. The zero-order valence-electron chi connectivity index (χ0n) is 13.9. The zero-order chi connectivity index (χ0) is 15.0. The van der Waals surface area contributed by atoms with E-state index in [0.717, 1.165) is 31.8 Å². The van der Waals surface area contributed by atoms with Crippen LogP contribution in [-0.2, 0) is 9.53 Å². The number of carbonyl (C=O) groups excluding carboxylic acids is 1. The average Bonchev–Trinajstić information content (AvgIpc) is 2.46. The molecule has 2 atom stereocenters. The van der Waals surface area contributed by atoms with E-state index in [-0.39, 0.29) is 29.8 Å². The summed E-state index contributed by atoms with van der Waals surface area (Å²) in [6, 6.07) is 0. The van der Waals surface area contributed by atoms with Gasteiger partial charge in [0.25, 0.3) is 0 Å². The molecule has 0 aromatic heterocycles. The molecular formula is C16H31ClN2O2. The van der Waals surface area contributed by atoms with Crippen LogP contribution in [0.25, 0.3) is 0 Å². The lowest BCUT2D eigenvalue weighted by Gasteiger charge is -2.59. The SMILES string of the molecule is CCOC1CC(N)(C(=O)N2CCC(CC)CC2)C1(C)C.Cl. The second-order valence-corrected chi connectivity index (χ2v) is 6.98. The molecule has 21 heavy (non-hydrogen) atoms. The number of ether oxygens (including phenoxy) is 1. The van der Waals surface area contributed by atoms with E-state index in [4.69, 9.17) is 10.5 Å². The van der Waals surface area contributed by atoms with Crippen LogP contribution in [0.1, 0.15) is 53.4 Å². The fourth-order valence-electron chi connectivity index (χ4n) is 3.62. The molecule has 1 amide bonds. The first kappa shape index (κ1) is 18.7. The molecule has 2 N–H and O–H groups in total. The standard InChI is InChI=1S/C16H30N2O2.ClH/c1-5-12-7-9-18(10-8-12)14(19)16(17)11-13(20-6-2)15(16,3)4;/h12-13H,5-11,17H2,1-4H3;1H. The summed E-state index contributed by atoms with van der Waals surface area (Å²) in [6.07, 6.45) is 4.21. The lowest BCUT2D eigenvalue weighted by molar-refractivity contribution is -0.180. The number of hydrogen-bond acceptors (Lipinski definition) is 3. The minimum atomic E-state index is -0.744. The van der Waals surface area contributed by atoms with Gasteiger partial charge < -0.3 is 15.4 Å². The van der Waals surface area contributed by atoms with Crippen molar-refractivity contribution in [2.24, 2.45) is 17.1 Å². The quantitative estimate of drug-likeness (QED) is 0.867. The molecule has 0 spiro atoms. The highest BCUT2D eigenvalue weighted by atomic mass is 35.5. The van der Waals surface area contributed by atoms with Crippen LogP contribution in [0.3, 0.4) is 0 Å². The smallest absolute Gasteiger partial charge is 0.243 e. The number of likely N-dealkylation sites (tertiary alicyclic amines) is 1. The van der Waals surface area contributed by atoms with E-state index in [0.29, 0.717) is 13.0 Å². The molecule has 0 bridgehead atoms. The first-order chi connectivity index (χ1) is 9.36. The predicted octanol–water partition coefficient (Wildman–Crippen LogP) is 2.59. The molecule has 1 saturated heterocycles. The van der Waals surface area contributed by atoms with Gasteiger partial charge in [-0.05, 0) is 25.7 Å². The summed E-state index contributed by atoms with van der Waals surface area (Å²) in [4.78, 5) is 14.8. The van der Waals surface area contributed by atoms with Gasteiger partial charge in [-0.1, -0.05) is 27.2 Å². The van der Waals surface area contributed by atoms with Crippen molar-refractivity contribution < 1.29 is 9.53 Å². The van der Waals surface area contributed by atoms with Crippen molar-refractivity contribution in [3.8, 4) is 0 Å². The normalized spacial score (nSPS) is 32.2. The minimum Gasteiger partial charge on any atom is -0.378 e. The van der Waals surface area contributed by atoms with Crippen LogP contribution in [0, 0.1) is 11.3 Å². The maximum absolute atomic E-state index is 12.8. The molecule has 2 unspecified atom stereocenters. The maximum Gasteiger partial charge on any atom is 0.243 e. The van der Waals surface area contributed by atoms with Crippen molar-refractivity contribution >= 4 is 18.3 Å². The Morgan fingerprint density at radius 2 is 1.86 bits per heavy atom. The number of rotatable bonds is 4. The van der Waals surface area contributed by atoms with Gasteiger partial charge in [0.15, 0.2) is 0 Å². The van der Waals surface area contributed by atoms with Crippen molar-refractivity contribution in [3.05, 3.63) is 0 Å². The monoisotopic (exact) mass is 318 g/mol. The topological polar surface area (TPSA) is 55.6 Å². The molecule has 0 radical (unpaired) electrons. The van der Waals surface area contributed by atoms with Gasteiger partial charge in [0.1, 0.15) is 5.54 Å². The Balaban J connectivity index is 0.00000220. The Bertz CT molecular complexity index is 367. The number of carbonyl (C=O) groups is 1. The number of piperidine rings is 1. The van der Waals surface area contributed by atoms with E-state index in [1.54, 1.807) is 0 Å². The van der Waals surface area contributed by atoms with Gasteiger partial charge in [-0.2, -0.15) is 0 Å². The van der Waals surface area contributed by atoms with Gasteiger partial charge in [0.2, 0.25) is 5.91 Å². The third-order valence-corrected chi connectivity index (χ3v) is 5.69. The molecule has 2 rings (SSSR count). The maximum atomic E-state index is 12.8. The lowest BCUT2D eigenvalue weighted by atomic mass is 9.54. The summed E-state index contributed by atoms with van der Waals surface area (Å²) < 4.78 is 5.71. The first-order valence-corrected chi connectivity index (χ1v) is 8.06. The molecule has 124 valence electrons. The fourth-order valence-corrected chi connectivity index (χ4v) is 3.62. The summed E-state index contributed by atoms with van der Waals surface area (Å²) in [5.74, 6) is 0.909. The van der Waals surface area contributed by atoms with Crippen LogP contribution in [0.2, 0.25) is 0 Å².